The molecule has 1 aromatic heterocycles. The van der Waals surface area contributed by atoms with E-state index in [4.69, 9.17) is 4.74 Å². The number of benzene rings is 2. The lowest BCUT2D eigenvalue weighted by Crippen LogP contribution is -2.25. The first-order chi connectivity index (χ1) is 16.8. The minimum Gasteiger partial charge on any atom is -0.459 e. The second kappa shape index (κ2) is 10.6. The monoisotopic (exact) mass is 479 g/mol. The number of carbonyl (C=O) groups excluding carboxylic acids is 2. The van der Waals surface area contributed by atoms with Crippen molar-refractivity contribution in [2.75, 3.05) is 0 Å². The van der Waals surface area contributed by atoms with E-state index in [1.54, 1.807) is 10.6 Å². The van der Waals surface area contributed by atoms with Crippen LogP contribution >= 0.6 is 0 Å². The van der Waals surface area contributed by atoms with Gasteiger partial charge in [-0.15, -0.1) is 0 Å². The molecule has 1 aliphatic heterocycles. The quantitative estimate of drug-likeness (QED) is 0.454. The summed E-state index contributed by atoms with van der Waals surface area (Å²) in [4.78, 5) is 29.4. The van der Waals surface area contributed by atoms with E-state index in [1.807, 2.05) is 44.2 Å². The first-order valence-corrected chi connectivity index (χ1v) is 11.6. The van der Waals surface area contributed by atoms with Crippen molar-refractivity contribution >= 4 is 11.9 Å². The Morgan fingerprint density at radius 3 is 2.66 bits per heavy atom. The maximum absolute atomic E-state index is 14.8. The Morgan fingerprint density at radius 2 is 1.97 bits per heavy atom. The molecule has 1 amide bonds. The third-order valence-electron chi connectivity index (χ3n) is 5.85. The fourth-order valence-electron chi connectivity index (χ4n) is 4.20. The van der Waals surface area contributed by atoms with Gasteiger partial charge in [0.15, 0.2) is 0 Å². The van der Waals surface area contributed by atoms with Crippen molar-refractivity contribution in [1.29, 1.82) is 0 Å². The maximum atomic E-state index is 14.8. The molecule has 8 heteroatoms. The number of nitrogens with one attached hydrogen (secondary N) is 1. The van der Waals surface area contributed by atoms with E-state index in [2.05, 4.69) is 10.3 Å². The highest BCUT2D eigenvalue weighted by molar-refractivity contribution is 5.94. The smallest absolute Gasteiger partial charge is 0.330 e. The Balaban J connectivity index is 1.70. The number of hydrogen-bond acceptors (Lipinski definition) is 4. The molecule has 4 rings (SSSR count). The number of nitrogens with zero attached hydrogens (tertiary/aromatic N) is 2. The van der Waals surface area contributed by atoms with Gasteiger partial charge in [-0.25, -0.2) is 18.6 Å². The molecule has 0 radical (unpaired) electrons. The summed E-state index contributed by atoms with van der Waals surface area (Å²) >= 11 is 0. The predicted molar refractivity (Wildman–Crippen MR) is 128 cm³/mol. The second-order valence-electron chi connectivity index (χ2n) is 8.75. The number of ether oxygens (including phenoxy) is 1. The summed E-state index contributed by atoms with van der Waals surface area (Å²) in [5.41, 5.74) is 1.85. The highest BCUT2D eigenvalue weighted by atomic mass is 19.1. The summed E-state index contributed by atoms with van der Waals surface area (Å²) in [6.07, 6.45) is 3.84. The SMILES string of the molecule is CC(C)c1c(C(=O)NCc2ccccc2)nc(-c2ccc(F)cc2F)n1CC[C@@H]1CC=CC(=O)O1. The topological polar surface area (TPSA) is 73.2 Å². The van der Waals surface area contributed by atoms with Gasteiger partial charge in [-0.1, -0.05) is 50.3 Å². The molecule has 2 aromatic carbocycles. The standard InChI is InChI=1S/C27H27F2N3O3/c1-17(2)25-24(27(34)30-16-18-7-4-3-5-8-18)31-26(21-12-11-19(28)15-22(21)29)32(25)14-13-20-9-6-10-23(33)35-20/h3-8,10-12,15,17,20H,9,13-14,16H2,1-2H3,(H,30,34)/t20-/m0/s1. The fourth-order valence-corrected chi connectivity index (χ4v) is 4.20. The normalized spacial score (nSPS) is 15.3. The summed E-state index contributed by atoms with van der Waals surface area (Å²) < 4.78 is 35.6. The summed E-state index contributed by atoms with van der Waals surface area (Å²) in [5.74, 6) is -2.14. The molecule has 0 bridgehead atoms. The first kappa shape index (κ1) is 24.3. The average Bonchev–Trinajstić information content (AvgIpc) is 3.21. The van der Waals surface area contributed by atoms with Crippen molar-refractivity contribution in [3.8, 4) is 11.4 Å². The zero-order valence-corrected chi connectivity index (χ0v) is 19.6. The van der Waals surface area contributed by atoms with Gasteiger partial charge in [-0.3, -0.25) is 4.79 Å². The first-order valence-electron chi connectivity index (χ1n) is 11.6. The van der Waals surface area contributed by atoms with Gasteiger partial charge in [0.2, 0.25) is 0 Å². The van der Waals surface area contributed by atoms with Gasteiger partial charge < -0.3 is 14.6 Å². The maximum Gasteiger partial charge on any atom is 0.330 e. The van der Waals surface area contributed by atoms with Crippen molar-refractivity contribution in [3.05, 3.63) is 89.3 Å². The number of aromatic nitrogens is 2. The molecule has 2 heterocycles. The van der Waals surface area contributed by atoms with Crippen LogP contribution in [0.15, 0.2) is 60.7 Å². The van der Waals surface area contributed by atoms with E-state index in [1.165, 1.54) is 12.1 Å². The summed E-state index contributed by atoms with van der Waals surface area (Å²) in [6, 6.07) is 12.8. The van der Waals surface area contributed by atoms with E-state index in [0.29, 0.717) is 31.6 Å². The Labute approximate surface area is 202 Å². The number of carbonyl (C=O) groups is 2. The van der Waals surface area contributed by atoms with Crippen molar-refractivity contribution in [2.45, 2.75) is 51.8 Å². The molecule has 35 heavy (non-hydrogen) atoms. The van der Waals surface area contributed by atoms with Crippen LogP contribution in [0.25, 0.3) is 11.4 Å². The molecule has 1 aliphatic rings. The second-order valence-corrected chi connectivity index (χ2v) is 8.75. The zero-order chi connectivity index (χ0) is 24.9. The van der Waals surface area contributed by atoms with Crippen LogP contribution in [-0.4, -0.2) is 27.5 Å². The summed E-state index contributed by atoms with van der Waals surface area (Å²) in [7, 11) is 0. The fraction of sp³-hybridized carbons (Fsp3) is 0.296. The third-order valence-corrected chi connectivity index (χ3v) is 5.85. The molecular formula is C27H27F2N3O3. The Morgan fingerprint density at radius 1 is 1.20 bits per heavy atom. The minimum atomic E-state index is -0.769. The molecule has 0 unspecified atom stereocenters. The van der Waals surface area contributed by atoms with Gasteiger partial charge in [-0.05, 0) is 23.6 Å². The Kier molecular flexibility index (Phi) is 7.39. The van der Waals surface area contributed by atoms with Gasteiger partial charge in [-0.2, -0.15) is 0 Å². The molecule has 1 atom stereocenters. The van der Waals surface area contributed by atoms with Gasteiger partial charge in [0.25, 0.3) is 5.91 Å². The van der Waals surface area contributed by atoms with Crippen LogP contribution in [0.2, 0.25) is 0 Å². The number of cyclic esters (lactones) is 1. The highest BCUT2D eigenvalue weighted by Gasteiger charge is 2.27. The van der Waals surface area contributed by atoms with Gasteiger partial charge in [0, 0.05) is 38.1 Å². The zero-order valence-electron chi connectivity index (χ0n) is 19.6. The lowest BCUT2D eigenvalue weighted by atomic mass is 10.1. The number of esters is 1. The van der Waals surface area contributed by atoms with Gasteiger partial charge in [0.05, 0.1) is 11.3 Å². The van der Waals surface area contributed by atoms with Crippen LogP contribution < -0.4 is 5.32 Å². The Hall–Kier alpha value is -3.81. The van der Waals surface area contributed by atoms with Crippen LogP contribution in [0, 0.1) is 11.6 Å². The lowest BCUT2D eigenvalue weighted by Gasteiger charge is -2.21. The molecule has 0 fully saturated rings. The van der Waals surface area contributed by atoms with E-state index in [9.17, 15) is 18.4 Å². The molecule has 0 saturated carbocycles. The van der Waals surface area contributed by atoms with Gasteiger partial charge >= 0.3 is 5.97 Å². The average molecular weight is 480 g/mol. The predicted octanol–water partition coefficient (Wildman–Crippen LogP) is 5.14. The van der Waals surface area contributed by atoms with Crippen molar-refractivity contribution in [2.24, 2.45) is 0 Å². The highest BCUT2D eigenvalue weighted by Crippen LogP contribution is 2.31. The van der Waals surface area contributed by atoms with Crippen LogP contribution in [-0.2, 0) is 22.6 Å². The van der Waals surface area contributed by atoms with Gasteiger partial charge in [0.1, 0.15) is 29.3 Å². The molecule has 182 valence electrons. The van der Waals surface area contributed by atoms with Crippen LogP contribution in [0.1, 0.15) is 54.4 Å². The van der Waals surface area contributed by atoms with Crippen LogP contribution in [0.3, 0.4) is 0 Å². The number of imidazole rings is 1. The molecule has 0 aliphatic carbocycles. The van der Waals surface area contributed by atoms with E-state index in [-0.39, 0.29) is 35.0 Å². The molecule has 0 saturated heterocycles. The van der Waals surface area contributed by atoms with Crippen LogP contribution in [0.5, 0.6) is 0 Å². The third kappa shape index (κ3) is 5.65. The number of rotatable bonds is 8. The number of hydrogen-bond donors (Lipinski definition) is 1. The molecular weight excluding hydrogens is 452 g/mol. The molecule has 0 spiro atoms. The number of amides is 1. The molecule has 3 aromatic rings. The van der Waals surface area contributed by atoms with Crippen molar-refractivity contribution < 1.29 is 23.1 Å². The Bertz CT molecular complexity index is 1250. The minimum absolute atomic E-state index is 0.0935. The van der Waals surface area contributed by atoms with E-state index in [0.717, 1.165) is 17.7 Å². The summed E-state index contributed by atoms with van der Waals surface area (Å²) in [6.45, 7) is 4.50. The van der Waals surface area contributed by atoms with Crippen molar-refractivity contribution in [3.63, 3.8) is 0 Å². The largest absolute Gasteiger partial charge is 0.459 e. The van der Waals surface area contributed by atoms with E-state index >= 15 is 0 Å². The van der Waals surface area contributed by atoms with Crippen LogP contribution in [0.4, 0.5) is 8.78 Å². The van der Waals surface area contributed by atoms with Crippen molar-refractivity contribution in [1.82, 2.24) is 14.9 Å². The lowest BCUT2D eigenvalue weighted by molar-refractivity contribution is -0.144. The van der Waals surface area contributed by atoms with E-state index < -0.39 is 17.6 Å². The number of halogens is 2. The summed E-state index contributed by atoms with van der Waals surface area (Å²) in [5, 5.41) is 2.89. The molecule has 1 N–H and O–H groups in total. The molecule has 6 nitrogen and oxygen atoms in total.